The van der Waals surface area contributed by atoms with E-state index in [1.54, 1.807) is 36.4 Å². The number of nitrogens with two attached hydrogens (primary N) is 1. The third kappa shape index (κ3) is 10.8. The van der Waals surface area contributed by atoms with E-state index in [0.29, 0.717) is 25.7 Å². The van der Waals surface area contributed by atoms with Crippen LogP contribution in [0.2, 0.25) is 0 Å². The molecule has 0 bridgehead atoms. The van der Waals surface area contributed by atoms with E-state index in [9.17, 15) is 34.2 Å². The number of amides is 4. The fourth-order valence-electron chi connectivity index (χ4n) is 5.01. The Hall–Kier alpha value is -4.16. The molecule has 3 rings (SSSR count). The van der Waals surface area contributed by atoms with Gasteiger partial charge in [-0.3, -0.25) is 19.2 Å². The number of carbonyl (C=O) groups is 5. The van der Waals surface area contributed by atoms with Gasteiger partial charge in [-0.2, -0.15) is 0 Å². The number of carboxylic acids is 1. The lowest BCUT2D eigenvalue weighted by atomic mass is 10.0. The molecule has 7 N–H and O–H groups in total. The minimum Gasteiger partial charge on any atom is -0.508 e. The number of hydrogen-bond donors (Lipinski definition) is 6. The summed E-state index contributed by atoms with van der Waals surface area (Å²) in [4.78, 5) is 65.1. The first-order valence-electron chi connectivity index (χ1n) is 14.6. The van der Waals surface area contributed by atoms with Crippen LogP contribution >= 0.6 is 12.4 Å². The second kappa shape index (κ2) is 17.8. The fourth-order valence-corrected chi connectivity index (χ4v) is 5.01. The molecule has 4 amide bonds. The largest absolute Gasteiger partial charge is 0.508 e. The van der Waals surface area contributed by atoms with E-state index < -0.39 is 60.3 Å². The van der Waals surface area contributed by atoms with E-state index in [0.717, 1.165) is 17.5 Å². The molecule has 0 unspecified atom stereocenters. The van der Waals surface area contributed by atoms with Gasteiger partial charge in [0.1, 0.15) is 23.9 Å². The first-order chi connectivity index (χ1) is 20.6. The SMILES string of the molecule is CCCC[C@@H](NC(=O)[C@@H](N)Cc1ccc(O)cc1)C(=O)NCC(=O)N[C@@H](Cc1ccccc1)C(=O)N1CCC[C@H]1C(=O)O.Cl. The number of aliphatic carboxylic acids is 1. The molecular formula is C31H42ClN5O7. The van der Waals surface area contributed by atoms with Gasteiger partial charge >= 0.3 is 5.97 Å². The normalized spacial score (nSPS) is 16.1. The zero-order valence-corrected chi connectivity index (χ0v) is 25.6. The van der Waals surface area contributed by atoms with Gasteiger partial charge in [0.15, 0.2) is 0 Å². The van der Waals surface area contributed by atoms with Gasteiger partial charge in [-0.15, -0.1) is 12.4 Å². The number of phenolic OH excluding ortho intramolecular Hbond substituents is 1. The van der Waals surface area contributed by atoms with Gasteiger partial charge in [0.25, 0.3) is 0 Å². The summed E-state index contributed by atoms with van der Waals surface area (Å²) in [5.74, 6) is -3.21. The molecule has 12 nitrogen and oxygen atoms in total. The molecule has 1 saturated heterocycles. The third-order valence-corrected chi connectivity index (χ3v) is 7.37. The standard InChI is InChI=1S/C31H41N5O7.ClH/c1-2-3-10-24(35-28(39)23(32)17-21-12-14-22(37)15-13-21)29(40)33-19-27(38)34-25(18-20-8-5-4-6-9-20)30(41)36-16-7-11-26(36)31(42)43;/h4-6,8-9,12-15,23-26,37H,2-3,7,10-11,16-19,32H2,1H3,(H,33,40)(H,34,38)(H,35,39)(H,42,43);1H/t23-,24+,25-,26-;/m0./s1. The number of likely N-dealkylation sites (tertiary alicyclic amines) is 1. The quantitative estimate of drug-likeness (QED) is 0.169. The number of carbonyl (C=O) groups excluding carboxylic acids is 4. The van der Waals surface area contributed by atoms with Crippen molar-refractivity contribution in [3.8, 4) is 5.75 Å². The topological polar surface area (TPSA) is 191 Å². The molecule has 0 saturated carbocycles. The molecule has 0 aliphatic carbocycles. The monoisotopic (exact) mass is 631 g/mol. The van der Waals surface area contributed by atoms with Crippen LogP contribution in [-0.2, 0) is 36.8 Å². The summed E-state index contributed by atoms with van der Waals surface area (Å²) in [6.07, 6.45) is 3.00. The highest BCUT2D eigenvalue weighted by atomic mass is 35.5. The first kappa shape index (κ1) is 36.0. The molecule has 0 radical (unpaired) electrons. The van der Waals surface area contributed by atoms with Gasteiger partial charge < -0.3 is 36.8 Å². The van der Waals surface area contributed by atoms with Crippen molar-refractivity contribution in [1.29, 1.82) is 0 Å². The maximum Gasteiger partial charge on any atom is 0.326 e. The van der Waals surface area contributed by atoms with Crippen LogP contribution in [0.1, 0.15) is 50.2 Å². The second-order valence-electron chi connectivity index (χ2n) is 10.7. The summed E-state index contributed by atoms with van der Waals surface area (Å²) < 4.78 is 0. The molecule has 1 fully saturated rings. The van der Waals surface area contributed by atoms with Crippen LogP contribution in [0, 0.1) is 0 Å². The number of aromatic hydroxyl groups is 1. The molecule has 1 aliphatic heterocycles. The Kier molecular flexibility index (Phi) is 14.6. The van der Waals surface area contributed by atoms with Crippen molar-refractivity contribution >= 4 is 42.0 Å². The first-order valence-corrected chi connectivity index (χ1v) is 14.6. The zero-order valence-electron chi connectivity index (χ0n) is 24.7. The van der Waals surface area contributed by atoms with Crippen molar-refractivity contribution in [1.82, 2.24) is 20.9 Å². The molecule has 2 aromatic rings. The number of unbranched alkanes of at least 4 members (excludes halogenated alkanes) is 1. The summed E-state index contributed by atoms with van der Waals surface area (Å²) >= 11 is 0. The van der Waals surface area contributed by atoms with Crippen molar-refractivity contribution in [3.63, 3.8) is 0 Å². The van der Waals surface area contributed by atoms with Gasteiger partial charge in [0.05, 0.1) is 12.6 Å². The summed E-state index contributed by atoms with van der Waals surface area (Å²) in [6, 6.07) is 11.5. The third-order valence-electron chi connectivity index (χ3n) is 7.37. The smallest absolute Gasteiger partial charge is 0.326 e. The van der Waals surface area contributed by atoms with Gasteiger partial charge in [-0.25, -0.2) is 4.79 Å². The summed E-state index contributed by atoms with van der Waals surface area (Å²) in [7, 11) is 0. The Morgan fingerprint density at radius 1 is 0.932 bits per heavy atom. The average molecular weight is 632 g/mol. The molecule has 1 heterocycles. The highest BCUT2D eigenvalue weighted by molar-refractivity contribution is 5.94. The number of nitrogens with one attached hydrogen (secondary N) is 3. The molecule has 240 valence electrons. The molecule has 0 spiro atoms. The Morgan fingerprint density at radius 2 is 1.59 bits per heavy atom. The Bertz CT molecular complexity index is 1260. The Balaban J connectivity index is 0.00000675. The van der Waals surface area contributed by atoms with E-state index in [2.05, 4.69) is 16.0 Å². The molecular weight excluding hydrogens is 590 g/mol. The minimum absolute atomic E-state index is 0. The second-order valence-corrected chi connectivity index (χ2v) is 10.7. The van der Waals surface area contributed by atoms with E-state index >= 15 is 0 Å². The van der Waals surface area contributed by atoms with Crippen molar-refractivity contribution in [3.05, 3.63) is 65.7 Å². The highest BCUT2D eigenvalue weighted by Gasteiger charge is 2.37. The Labute approximate surface area is 263 Å². The van der Waals surface area contributed by atoms with Crippen LogP contribution in [-0.4, -0.2) is 82.0 Å². The lowest BCUT2D eigenvalue weighted by Gasteiger charge is -2.27. The van der Waals surface area contributed by atoms with Crippen LogP contribution in [0.25, 0.3) is 0 Å². The molecule has 2 aromatic carbocycles. The number of benzene rings is 2. The number of halogens is 1. The molecule has 4 atom stereocenters. The minimum atomic E-state index is -1.09. The van der Waals surface area contributed by atoms with E-state index in [1.807, 2.05) is 13.0 Å². The Morgan fingerprint density at radius 3 is 2.23 bits per heavy atom. The predicted octanol–water partition coefficient (Wildman–Crippen LogP) is 1.28. The fraction of sp³-hybridized carbons (Fsp3) is 0.452. The van der Waals surface area contributed by atoms with Gasteiger partial charge in [0.2, 0.25) is 23.6 Å². The number of nitrogens with zero attached hydrogens (tertiary/aromatic N) is 1. The van der Waals surface area contributed by atoms with Crippen LogP contribution in [0.4, 0.5) is 0 Å². The molecule has 13 heteroatoms. The van der Waals surface area contributed by atoms with Crippen molar-refractivity contribution in [2.45, 2.75) is 76.0 Å². The number of carboxylic acid groups (broad SMARTS) is 1. The summed E-state index contributed by atoms with van der Waals surface area (Å²) in [6.45, 7) is 1.78. The number of rotatable bonds is 15. The molecule has 1 aliphatic rings. The van der Waals surface area contributed by atoms with Crippen molar-refractivity contribution in [2.75, 3.05) is 13.1 Å². The van der Waals surface area contributed by atoms with Crippen molar-refractivity contribution in [2.24, 2.45) is 5.73 Å². The van der Waals surface area contributed by atoms with Crippen LogP contribution < -0.4 is 21.7 Å². The average Bonchev–Trinajstić information content (AvgIpc) is 3.49. The molecule has 44 heavy (non-hydrogen) atoms. The number of phenols is 1. The summed E-state index contributed by atoms with van der Waals surface area (Å²) in [5.41, 5.74) is 7.60. The lowest BCUT2D eigenvalue weighted by Crippen LogP contribution is -2.55. The van der Waals surface area contributed by atoms with Crippen LogP contribution in [0.3, 0.4) is 0 Å². The highest BCUT2D eigenvalue weighted by Crippen LogP contribution is 2.20. The van der Waals surface area contributed by atoms with Gasteiger partial charge in [-0.05, 0) is 48.9 Å². The maximum atomic E-state index is 13.4. The van der Waals surface area contributed by atoms with Gasteiger partial charge in [-0.1, -0.05) is 62.2 Å². The van der Waals surface area contributed by atoms with Crippen LogP contribution in [0.15, 0.2) is 54.6 Å². The lowest BCUT2D eigenvalue weighted by molar-refractivity contribution is -0.149. The van der Waals surface area contributed by atoms with E-state index in [-0.39, 0.29) is 37.5 Å². The number of hydrogen-bond acceptors (Lipinski definition) is 7. The van der Waals surface area contributed by atoms with Crippen molar-refractivity contribution < 1.29 is 34.2 Å². The maximum absolute atomic E-state index is 13.4. The summed E-state index contributed by atoms with van der Waals surface area (Å²) in [5, 5.41) is 26.9. The predicted molar refractivity (Wildman–Crippen MR) is 166 cm³/mol. The zero-order chi connectivity index (χ0) is 31.4. The molecule has 0 aromatic heterocycles. The van der Waals surface area contributed by atoms with E-state index in [4.69, 9.17) is 5.73 Å². The van der Waals surface area contributed by atoms with E-state index in [1.165, 1.54) is 17.0 Å². The van der Waals surface area contributed by atoms with Crippen LogP contribution in [0.5, 0.6) is 5.75 Å². The van der Waals surface area contributed by atoms with Gasteiger partial charge in [0, 0.05) is 13.0 Å².